The third-order valence-electron chi connectivity index (χ3n) is 6.43. The molecule has 0 aliphatic carbocycles. The Kier molecular flexibility index (Phi) is 7.12. The summed E-state index contributed by atoms with van der Waals surface area (Å²) in [5.41, 5.74) is 4.20. The SMILES string of the molecule is Cc1nc(-c2cccc(F)c2)ccc1C(=O)N(C)c1ccc(CN2CCN(C(=O)O)[C@@H](C)C2)cc1. The van der Waals surface area contributed by atoms with Gasteiger partial charge >= 0.3 is 6.09 Å². The van der Waals surface area contributed by atoms with Gasteiger partial charge in [-0.2, -0.15) is 0 Å². The summed E-state index contributed by atoms with van der Waals surface area (Å²) >= 11 is 0. The largest absolute Gasteiger partial charge is 0.465 e. The molecule has 2 amide bonds. The van der Waals surface area contributed by atoms with E-state index < -0.39 is 6.09 Å². The number of aromatic nitrogens is 1. The van der Waals surface area contributed by atoms with Crippen molar-refractivity contribution in [3.63, 3.8) is 0 Å². The topological polar surface area (TPSA) is 77.0 Å². The molecule has 2 aromatic carbocycles. The van der Waals surface area contributed by atoms with Crippen molar-refractivity contribution in [3.8, 4) is 11.3 Å². The third kappa shape index (κ3) is 5.49. The first kappa shape index (κ1) is 24.3. The molecule has 0 bridgehead atoms. The molecule has 1 fully saturated rings. The molecular weight excluding hydrogens is 447 g/mol. The van der Waals surface area contributed by atoms with Crippen LogP contribution in [0, 0.1) is 12.7 Å². The van der Waals surface area contributed by atoms with E-state index in [-0.39, 0.29) is 17.8 Å². The predicted molar refractivity (Wildman–Crippen MR) is 133 cm³/mol. The summed E-state index contributed by atoms with van der Waals surface area (Å²) in [5, 5.41) is 9.24. The van der Waals surface area contributed by atoms with Crippen LogP contribution in [0.2, 0.25) is 0 Å². The van der Waals surface area contributed by atoms with Gasteiger partial charge in [-0.3, -0.25) is 14.7 Å². The lowest BCUT2D eigenvalue weighted by molar-refractivity contribution is 0.0711. The highest BCUT2D eigenvalue weighted by molar-refractivity contribution is 6.06. The number of anilines is 1. The number of rotatable bonds is 5. The second kappa shape index (κ2) is 10.2. The molecule has 3 aromatic rings. The number of piperazine rings is 1. The Balaban J connectivity index is 1.42. The first-order valence-corrected chi connectivity index (χ1v) is 11.6. The number of carbonyl (C=O) groups excluding carboxylic acids is 1. The molecule has 35 heavy (non-hydrogen) atoms. The van der Waals surface area contributed by atoms with Gasteiger partial charge < -0.3 is 14.9 Å². The minimum atomic E-state index is -0.872. The van der Waals surface area contributed by atoms with Crippen LogP contribution in [0.25, 0.3) is 11.3 Å². The number of benzene rings is 2. The summed E-state index contributed by atoms with van der Waals surface area (Å²) in [5.74, 6) is -0.505. The Morgan fingerprint density at radius 3 is 2.49 bits per heavy atom. The number of hydrogen-bond donors (Lipinski definition) is 1. The van der Waals surface area contributed by atoms with Crippen molar-refractivity contribution in [3.05, 3.63) is 83.3 Å². The second-order valence-corrected chi connectivity index (χ2v) is 8.93. The van der Waals surface area contributed by atoms with E-state index in [4.69, 9.17) is 0 Å². The lowest BCUT2D eigenvalue weighted by atomic mass is 10.1. The van der Waals surface area contributed by atoms with Crippen molar-refractivity contribution in [2.24, 2.45) is 0 Å². The van der Waals surface area contributed by atoms with Crippen molar-refractivity contribution in [1.82, 2.24) is 14.8 Å². The number of halogens is 1. The standard InChI is InChI=1S/C27H29FN4O3/c1-18-16-31(13-14-32(18)27(34)35)17-20-7-9-23(10-8-20)30(3)26(33)24-11-12-25(29-19(24)2)21-5-4-6-22(28)15-21/h4-12,15,18H,13-14,16-17H2,1-3H3,(H,34,35)/t18-/m0/s1. The zero-order valence-corrected chi connectivity index (χ0v) is 20.1. The van der Waals surface area contributed by atoms with Crippen LogP contribution in [0.1, 0.15) is 28.5 Å². The number of aryl methyl sites for hydroxylation is 1. The molecule has 1 atom stereocenters. The van der Waals surface area contributed by atoms with Crippen LogP contribution in [-0.2, 0) is 6.54 Å². The van der Waals surface area contributed by atoms with Crippen LogP contribution >= 0.6 is 0 Å². The Bertz CT molecular complexity index is 1230. The van der Waals surface area contributed by atoms with Gasteiger partial charge in [0, 0.05) is 50.5 Å². The number of nitrogens with zero attached hydrogens (tertiary/aromatic N) is 4. The van der Waals surface area contributed by atoms with Crippen molar-refractivity contribution < 1.29 is 19.1 Å². The Hall–Kier alpha value is -3.78. The third-order valence-corrected chi connectivity index (χ3v) is 6.43. The molecule has 1 aromatic heterocycles. The van der Waals surface area contributed by atoms with Crippen molar-refractivity contribution in [1.29, 1.82) is 0 Å². The summed E-state index contributed by atoms with van der Waals surface area (Å²) < 4.78 is 13.6. The van der Waals surface area contributed by atoms with Crippen LogP contribution in [0.5, 0.6) is 0 Å². The monoisotopic (exact) mass is 476 g/mol. The molecule has 2 heterocycles. The zero-order valence-electron chi connectivity index (χ0n) is 20.1. The number of hydrogen-bond acceptors (Lipinski definition) is 4. The van der Waals surface area contributed by atoms with E-state index in [0.717, 1.165) is 17.8 Å². The Morgan fingerprint density at radius 1 is 1.11 bits per heavy atom. The average molecular weight is 477 g/mol. The van der Waals surface area contributed by atoms with Crippen LogP contribution < -0.4 is 4.90 Å². The van der Waals surface area contributed by atoms with Crippen LogP contribution in [0.3, 0.4) is 0 Å². The van der Waals surface area contributed by atoms with E-state index >= 15 is 0 Å². The number of carbonyl (C=O) groups is 2. The highest BCUT2D eigenvalue weighted by Gasteiger charge is 2.27. The zero-order chi connectivity index (χ0) is 25.1. The molecule has 1 aliphatic heterocycles. The molecule has 0 radical (unpaired) electrons. The Morgan fingerprint density at radius 2 is 1.86 bits per heavy atom. The van der Waals surface area contributed by atoms with Crippen molar-refractivity contribution >= 4 is 17.7 Å². The van der Waals surface area contributed by atoms with Gasteiger partial charge in [0.2, 0.25) is 0 Å². The van der Waals surface area contributed by atoms with E-state index in [1.165, 1.54) is 17.0 Å². The van der Waals surface area contributed by atoms with Crippen molar-refractivity contribution in [2.45, 2.75) is 26.4 Å². The number of amides is 2. The van der Waals surface area contributed by atoms with E-state index in [0.29, 0.717) is 42.1 Å². The van der Waals surface area contributed by atoms with Gasteiger partial charge in [-0.15, -0.1) is 0 Å². The van der Waals surface area contributed by atoms with Crippen LogP contribution in [0.15, 0.2) is 60.7 Å². The summed E-state index contributed by atoms with van der Waals surface area (Å²) in [6, 6.07) is 17.4. The highest BCUT2D eigenvalue weighted by Crippen LogP contribution is 2.23. The van der Waals surface area contributed by atoms with E-state index in [2.05, 4.69) is 9.88 Å². The van der Waals surface area contributed by atoms with Crippen molar-refractivity contribution in [2.75, 3.05) is 31.6 Å². The minimum Gasteiger partial charge on any atom is -0.465 e. The maximum Gasteiger partial charge on any atom is 0.407 e. The minimum absolute atomic E-state index is 0.0478. The van der Waals surface area contributed by atoms with Gasteiger partial charge in [-0.1, -0.05) is 24.3 Å². The van der Waals surface area contributed by atoms with Crippen LogP contribution in [0.4, 0.5) is 14.9 Å². The van der Waals surface area contributed by atoms with Gasteiger partial charge in [-0.25, -0.2) is 9.18 Å². The average Bonchev–Trinajstić information content (AvgIpc) is 2.83. The lowest BCUT2D eigenvalue weighted by Crippen LogP contribution is -2.53. The Labute approximate surface area is 204 Å². The van der Waals surface area contributed by atoms with Gasteiger partial charge in [0.05, 0.1) is 17.0 Å². The fraction of sp³-hybridized carbons (Fsp3) is 0.296. The fourth-order valence-corrected chi connectivity index (χ4v) is 4.44. The quantitative estimate of drug-likeness (QED) is 0.580. The van der Waals surface area contributed by atoms with Gasteiger partial charge in [0.15, 0.2) is 0 Å². The number of pyridine rings is 1. The normalized spacial score (nSPS) is 16.2. The highest BCUT2D eigenvalue weighted by atomic mass is 19.1. The molecule has 7 nitrogen and oxygen atoms in total. The fourth-order valence-electron chi connectivity index (χ4n) is 4.44. The molecule has 182 valence electrons. The maximum atomic E-state index is 13.6. The number of carboxylic acid groups (broad SMARTS) is 1. The molecule has 8 heteroatoms. The molecular formula is C27H29FN4O3. The molecule has 0 spiro atoms. The van der Waals surface area contributed by atoms with Gasteiger partial charge in [0.1, 0.15) is 5.82 Å². The predicted octanol–water partition coefficient (Wildman–Crippen LogP) is 4.66. The van der Waals surface area contributed by atoms with E-state index in [9.17, 15) is 19.1 Å². The first-order valence-electron chi connectivity index (χ1n) is 11.6. The lowest BCUT2D eigenvalue weighted by Gasteiger charge is -2.38. The molecule has 0 saturated carbocycles. The maximum absolute atomic E-state index is 13.6. The summed E-state index contributed by atoms with van der Waals surface area (Å²) in [6.07, 6.45) is -0.872. The molecule has 1 saturated heterocycles. The second-order valence-electron chi connectivity index (χ2n) is 8.93. The van der Waals surface area contributed by atoms with Gasteiger partial charge in [0.25, 0.3) is 5.91 Å². The van der Waals surface area contributed by atoms with E-state index in [1.807, 2.05) is 31.2 Å². The molecule has 0 unspecified atom stereocenters. The van der Waals surface area contributed by atoms with Crippen LogP contribution in [-0.4, -0.2) is 64.6 Å². The molecule has 1 aliphatic rings. The summed E-state index contributed by atoms with van der Waals surface area (Å²) in [7, 11) is 1.73. The van der Waals surface area contributed by atoms with E-state index in [1.54, 1.807) is 43.1 Å². The molecule has 1 N–H and O–H groups in total. The van der Waals surface area contributed by atoms with Gasteiger partial charge in [-0.05, 0) is 55.8 Å². The summed E-state index contributed by atoms with van der Waals surface area (Å²) in [6.45, 7) is 6.29. The smallest absolute Gasteiger partial charge is 0.407 e. The summed E-state index contributed by atoms with van der Waals surface area (Å²) in [4.78, 5) is 34.2. The first-order chi connectivity index (χ1) is 16.7. The molecule has 4 rings (SSSR count).